The van der Waals surface area contributed by atoms with Gasteiger partial charge in [0.2, 0.25) is 5.91 Å². The lowest BCUT2D eigenvalue weighted by atomic mass is 10.0. The Balaban J connectivity index is 1.83. The van der Waals surface area contributed by atoms with E-state index in [1.165, 1.54) is 15.6 Å². The van der Waals surface area contributed by atoms with Crippen molar-refractivity contribution in [1.82, 2.24) is 19.2 Å². The summed E-state index contributed by atoms with van der Waals surface area (Å²) in [5.74, 6) is -0.130. The highest BCUT2D eigenvalue weighted by molar-refractivity contribution is 5.76. The monoisotopic (exact) mass is 316 g/mol. The summed E-state index contributed by atoms with van der Waals surface area (Å²) in [5, 5.41) is 3.96. The van der Waals surface area contributed by atoms with Crippen LogP contribution in [-0.4, -0.2) is 44.4 Å². The molecule has 1 amide bonds. The maximum absolute atomic E-state index is 12.7. The van der Waals surface area contributed by atoms with E-state index in [1.54, 1.807) is 11.9 Å². The summed E-state index contributed by atoms with van der Waals surface area (Å²) >= 11 is 0. The molecule has 0 aliphatic carbocycles. The summed E-state index contributed by atoms with van der Waals surface area (Å²) in [4.78, 5) is 26.4. The lowest BCUT2D eigenvalue weighted by Gasteiger charge is -2.39. The topological polar surface area (TPSA) is 69.4 Å². The largest absolute Gasteiger partial charge is 0.374 e. The number of nitrogens with zero attached hydrogens (tertiary/aromatic N) is 4. The lowest BCUT2D eigenvalue weighted by molar-refractivity contribution is -0.145. The molecule has 1 saturated heterocycles. The number of hydrogen-bond acceptors (Lipinski definition) is 4. The van der Waals surface area contributed by atoms with Crippen LogP contribution in [0.1, 0.15) is 18.5 Å². The van der Waals surface area contributed by atoms with Crippen LogP contribution in [0, 0.1) is 0 Å². The van der Waals surface area contributed by atoms with Gasteiger partial charge in [0.05, 0.1) is 18.8 Å². The van der Waals surface area contributed by atoms with Gasteiger partial charge >= 0.3 is 5.69 Å². The molecule has 2 heterocycles. The van der Waals surface area contributed by atoms with Gasteiger partial charge in [0.15, 0.2) is 0 Å². The quantitative estimate of drug-likeness (QED) is 0.830. The molecule has 2 unspecified atom stereocenters. The van der Waals surface area contributed by atoms with Crippen molar-refractivity contribution in [3.05, 3.63) is 52.7 Å². The van der Waals surface area contributed by atoms with Crippen LogP contribution in [-0.2, 0) is 23.1 Å². The Kier molecular flexibility index (Phi) is 4.29. The van der Waals surface area contributed by atoms with Crippen LogP contribution in [0.15, 0.2) is 41.5 Å². The molecule has 2 aromatic rings. The summed E-state index contributed by atoms with van der Waals surface area (Å²) < 4.78 is 8.26. The van der Waals surface area contributed by atoms with Gasteiger partial charge in [-0.2, -0.15) is 5.10 Å². The van der Waals surface area contributed by atoms with Crippen molar-refractivity contribution in [2.75, 3.05) is 13.2 Å². The average molecular weight is 316 g/mol. The average Bonchev–Trinajstić information content (AvgIpc) is 2.87. The van der Waals surface area contributed by atoms with Gasteiger partial charge in [-0.15, -0.1) is 0 Å². The van der Waals surface area contributed by atoms with Gasteiger partial charge in [-0.05, 0) is 12.5 Å². The second-order valence-electron chi connectivity index (χ2n) is 5.80. The van der Waals surface area contributed by atoms with E-state index in [1.807, 2.05) is 37.3 Å². The summed E-state index contributed by atoms with van der Waals surface area (Å²) in [6.45, 7) is 2.83. The third-order valence-corrected chi connectivity index (χ3v) is 4.05. The molecule has 2 atom stereocenters. The van der Waals surface area contributed by atoms with Crippen LogP contribution >= 0.6 is 0 Å². The molecular weight excluding hydrogens is 296 g/mol. The highest BCUT2D eigenvalue weighted by Gasteiger charge is 2.31. The normalized spacial score (nSPS) is 21.4. The van der Waals surface area contributed by atoms with E-state index in [9.17, 15) is 9.59 Å². The fourth-order valence-electron chi connectivity index (χ4n) is 2.78. The van der Waals surface area contributed by atoms with Crippen LogP contribution in [0.4, 0.5) is 0 Å². The van der Waals surface area contributed by atoms with Crippen LogP contribution in [0.5, 0.6) is 0 Å². The Hall–Kier alpha value is -2.41. The van der Waals surface area contributed by atoms with E-state index in [0.29, 0.717) is 13.2 Å². The Morgan fingerprint density at radius 3 is 2.74 bits per heavy atom. The summed E-state index contributed by atoms with van der Waals surface area (Å²) in [5.41, 5.74) is 0.733. The third-order valence-electron chi connectivity index (χ3n) is 4.05. The van der Waals surface area contributed by atoms with E-state index in [0.717, 1.165) is 5.56 Å². The molecule has 3 rings (SSSR count). The molecule has 1 aromatic carbocycles. The predicted octanol–water partition coefficient (Wildman–Crippen LogP) is 0.570. The lowest BCUT2D eigenvalue weighted by Crippen LogP contribution is -2.48. The maximum atomic E-state index is 12.7. The molecule has 0 radical (unpaired) electrons. The molecule has 0 bridgehead atoms. The van der Waals surface area contributed by atoms with Crippen LogP contribution in [0.25, 0.3) is 0 Å². The number of carbonyl (C=O) groups is 1. The minimum Gasteiger partial charge on any atom is -0.374 e. The second-order valence-corrected chi connectivity index (χ2v) is 5.80. The number of rotatable bonds is 3. The van der Waals surface area contributed by atoms with Gasteiger partial charge in [-0.3, -0.25) is 9.36 Å². The van der Waals surface area contributed by atoms with E-state index < -0.39 is 0 Å². The highest BCUT2D eigenvalue weighted by atomic mass is 16.5. The summed E-state index contributed by atoms with van der Waals surface area (Å²) in [6.07, 6.45) is 1.38. The van der Waals surface area contributed by atoms with Gasteiger partial charge in [-0.1, -0.05) is 30.3 Å². The minimum atomic E-state index is -0.295. The molecule has 1 fully saturated rings. The molecule has 0 N–H and O–H groups in total. The second kappa shape index (κ2) is 6.37. The van der Waals surface area contributed by atoms with Gasteiger partial charge < -0.3 is 9.64 Å². The molecule has 1 aliphatic heterocycles. The summed E-state index contributed by atoms with van der Waals surface area (Å²) in [6, 6.07) is 9.65. The van der Waals surface area contributed by atoms with Crippen molar-refractivity contribution >= 4 is 5.91 Å². The Morgan fingerprint density at radius 1 is 1.35 bits per heavy atom. The van der Waals surface area contributed by atoms with Crippen molar-refractivity contribution in [3.63, 3.8) is 0 Å². The zero-order valence-corrected chi connectivity index (χ0v) is 13.3. The van der Waals surface area contributed by atoms with Gasteiger partial charge in [0.25, 0.3) is 0 Å². The first-order valence-corrected chi connectivity index (χ1v) is 7.60. The van der Waals surface area contributed by atoms with E-state index in [4.69, 9.17) is 4.74 Å². The van der Waals surface area contributed by atoms with Crippen molar-refractivity contribution in [3.8, 4) is 0 Å². The van der Waals surface area contributed by atoms with Crippen molar-refractivity contribution < 1.29 is 9.53 Å². The molecule has 122 valence electrons. The molecule has 0 spiro atoms. The van der Waals surface area contributed by atoms with Gasteiger partial charge in [-0.25, -0.2) is 9.48 Å². The van der Waals surface area contributed by atoms with Crippen molar-refractivity contribution in [2.24, 2.45) is 7.05 Å². The van der Waals surface area contributed by atoms with Crippen molar-refractivity contribution in [1.29, 1.82) is 0 Å². The first-order valence-electron chi connectivity index (χ1n) is 7.60. The number of benzene rings is 1. The van der Waals surface area contributed by atoms with E-state index >= 15 is 0 Å². The number of ether oxygens (including phenoxy) is 1. The first-order chi connectivity index (χ1) is 11.1. The number of amides is 1. The zero-order valence-electron chi connectivity index (χ0n) is 13.3. The Labute approximate surface area is 134 Å². The van der Waals surface area contributed by atoms with E-state index in [-0.39, 0.29) is 30.3 Å². The Bertz CT molecular complexity index is 737. The fraction of sp³-hybridized carbons (Fsp3) is 0.438. The minimum absolute atomic E-state index is 0.0284. The number of hydrogen-bond donors (Lipinski definition) is 0. The summed E-state index contributed by atoms with van der Waals surface area (Å²) in [7, 11) is 1.61. The molecular formula is C16H20N4O3. The molecule has 7 heteroatoms. The van der Waals surface area contributed by atoms with Crippen molar-refractivity contribution in [2.45, 2.75) is 25.6 Å². The van der Waals surface area contributed by atoms with Gasteiger partial charge in [0, 0.05) is 13.6 Å². The molecule has 0 saturated carbocycles. The first kappa shape index (κ1) is 15.5. The Morgan fingerprint density at radius 2 is 2.09 bits per heavy atom. The number of morpholine rings is 1. The smallest absolute Gasteiger partial charge is 0.345 e. The number of aromatic nitrogens is 3. The molecule has 1 aromatic heterocycles. The van der Waals surface area contributed by atoms with Crippen LogP contribution < -0.4 is 5.69 Å². The number of carbonyl (C=O) groups excluding carboxylic acids is 1. The zero-order chi connectivity index (χ0) is 16.4. The standard InChI is InChI=1S/C16H20N4O3/c1-12-8-19(14(10-23-12)13-6-4-3-5-7-13)15(21)9-20-16(22)18(2)11-17-20/h3-7,11-12,14H,8-10H2,1-2H3. The molecule has 1 aliphatic rings. The number of aryl methyl sites for hydroxylation is 1. The van der Waals surface area contributed by atoms with Gasteiger partial charge in [0.1, 0.15) is 12.9 Å². The molecule has 23 heavy (non-hydrogen) atoms. The predicted molar refractivity (Wildman–Crippen MR) is 83.8 cm³/mol. The van der Waals surface area contributed by atoms with Crippen LogP contribution in [0.3, 0.4) is 0 Å². The fourth-order valence-corrected chi connectivity index (χ4v) is 2.78. The SMILES string of the molecule is CC1CN(C(=O)Cn2ncn(C)c2=O)C(c2ccccc2)CO1. The maximum Gasteiger partial charge on any atom is 0.345 e. The van der Waals surface area contributed by atoms with E-state index in [2.05, 4.69) is 5.10 Å². The molecule has 7 nitrogen and oxygen atoms in total. The van der Waals surface area contributed by atoms with Crippen LogP contribution in [0.2, 0.25) is 0 Å². The highest BCUT2D eigenvalue weighted by Crippen LogP contribution is 2.26. The third kappa shape index (κ3) is 3.19.